The molecule has 0 bridgehead atoms. The largest absolute Gasteiger partial charge is 0.469 e. The maximum absolute atomic E-state index is 13.7. The number of nitrogens with zero attached hydrogens (tertiary/aromatic N) is 4. The number of amides is 2. The summed E-state index contributed by atoms with van der Waals surface area (Å²) >= 11 is 0. The Morgan fingerprint density at radius 1 is 0.972 bits per heavy atom. The third-order valence-electron chi connectivity index (χ3n) is 6.16. The van der Waals surface area contributed by atoms with Crippen molar-refractivity contribution in [3.05, 3.63) is 78.2 Å². The molecular weight excluding hydrogens is 462 g/mol. The highest BCUT2D eigenvalue weighted by Gasteiger charge is 2.33. The number of anilines is 2. The molecule has 182 valence electrons. The molecule has 1 aromatic carbocycles. The Morgan fingerprint density at radius 3 is 2.56 bits per heavy atom. The van der Waals surface area contributed by atoms with Crippen molar-refractivity contribution in [3.63, 3.8) is 0 Å². The van der Waals surface area contributed by atoms with E-state index in [0.717, 1.165) is 22.5 Å². The second-order valence-electron chi connectivity index (χ2n) is 8.31. The van der Waals surface area contributed by atoms with Crippen molar-refractivity contribution in [3.8, 4) is 11.3 Å². The molecule has 0 fully saturated rings. The number of ether oxygens (including phenoxy) is 2. The predicted octanol–water partition coefficient (Wildman–Crippen LogP) is 3.57. The SMILES string of the molecule is COC(=O)Nc1ccc(-c2cnc3ccc(C(=O)N4CC(C(=O)OC)Cc5ccccc54)cn23)cn1. The Morgan fingerprint density at radius 2 is 1.81 bits per heavy atom. The summed E-state index contributed by atoms with van der Waals surface area (Å²) in [6.07, 6.45) is 4.93. The molecule has 36 heavy (non-hydrogen) atoms. The first-order chi connectivity index (χ1) is 17.5. The summed E-state index contributed by atoms with van der Waals surface area (Å²) in [6, 6.07) is 14.5. The molecular formula is C26H23N5O5. The smallest absolute Gasteiger partial charge is 0.412 e. The predicted molar refractivity (Wildman–Crippen MR) is 132 cm³/mol. The highest BCUT2D eigenvalue weighted by molar-refractivity contribution is 6.07. The molecule has 10 heteroatoms. The standard InChI is InChI=1S/C26H23N5O5/c1-35-25(33)19-11-16-5-3-4-6-20(16)31(15-19)24(32)18-8-10-23-28-13-21(30(23)14-18)17-7-9-22(27-12-17)29-26(34)36-2/h3-10,12-14,19H,11,15H2,1-2H3,(H,27,29,34). The van der Waals surface area contributed by atoms with E-state index in [1.807, 2.05) is 28.7 Å². The van der Waals surface area contributed by atoms with Gasteiger partial charge in [-0.3, -0.25) is 19.3 Å². The molecule has 0 saturated carbocycles. The van der Waals surface area contributed by atoms with Gasteiger partial charge in [0.15, 0.2) is 0 Å². The highest BCUT2D eigenvalue weighted by Crippen LogP contribution is 2.32. The number of hydrogen-bond acceptors (Lipinski definition) is 7. The number of methoxy groups -OCH3 is 2. The van der Waals surface area contributed by atoms with E-state index in [1.54, 1.807) is 47.8 Å². The summed E-state index contributed by atoms with van der Waals surface area (Å²) in [4.78, 5) is 47.7. The van der Waals surface area contributed by atoms with Crippen molar-refractivity contribution in [2.24, 2.45) is 5.92 Å². The first-order valence-corrected chi connectivity index (χ1v) is 11.2. The molecule has 4 heterocycles. The minimum atomic E-state index is -0.609. The van der Waals surface area contributed by atoms with E-state index in [9.17, 15) is 14.4 Å². The fourth-order valence-corrected chi connectivity index (χ4v) is 4.36. The molecule has 0 saturated heterocycles. The fraction of sp³-hybridized carbons (Fsp3) is 0.192. The Bertz CT molecular complexity index is 1460. The number of fused-ring (bicyclic) bond motifs is 2. The van der Waals surface area contributed by atoms with Crippen molar-refractivity contribution < 1.29 is 23.9 Å². The van der Waals surface area contributed by atoms with E-state index in [-0.39, 0.29) is 18.4 Å². The van der Waals surface area contributed by atoms with Gasteiger partial charge in [-0.2, -0.15) is 0 Å². The average Bonchev–Trinajstić information content (AvgIpc) is 3.35. The van der Waals surface area contributed by atoms with Crippen LogP contribution in [0.25, 0.3) is 16.9 Å². The molecule has 10 nitrogen and oxygen atoms in total. The minimum Gasteiger partial charge on any atom is -0.469 e. The van der Waals surface area contributed by atoms with E-state index in [4.69, 9.17) is 4.74 Å². The van der Waals surface area contributed by atoms with E-state index < -0.39 is 12.0 Å². The number of pyridine rings is 2. The van der Waals surface area contributed by atoms with E-state index in [0.29, 0.717) is 23.4 Å². The molecule has 1 aliphatic heterocycles. The second kappa shape index (κ2) is 9.49. The van der Waals surface area contributed by atoms with Gasteiger partial charge in [-0.25, -0.2) is 14.8 Å². The number of carbonyl (C=O) groups excluding carboxylic acids is 3. The summed E-state index contributed by atoms with van der Waals surface area (Å²) in [5.74, 6) is -0.663. The molecule has 4 aromatic rings. The van der Waals surface area contributed by atoms with Gasteiger partial charge in [0.2, 0.25) is 0 Å². The third-order valence-corrected chi connectivity index (χ3v) is 6.16. The second-order valence-corrected chi connectivity index (χ2v) is 8.31. The van der Waals surface area contributed by atoms with Gasteiger partial charge in [0.1, 0.15) is 11.5 Å². The Kier molecular flexibility index (Phi) is 6.07. The molecule has 1 aliphatic rings. The summed E-state index contributed by atoms with van der Waals surface area (Å²) in [7, 11) is 2.63. The van der Waals surface area contributed by atoms with Crippen LogP contribution >= 0.6 is 0 Å². The van der Waals surface area contributed by atoms with Crippen LogP contribution < -0.4 is 10.2 Å². The van der Waals surface area contributed by atoms with Gasteiger partial charge in [0.05, 0.1) is 37.6 Å². The van der Waals surface area contributed by atoms with Crippen LogP contribution in [0.1, 0.15) is 15.9 Å². The topological polar surface area (TPSA) is 115 Å². The number of nitrogens with one attached hydrogen (secondary N) is 1. The van der Waals surface area contributed by atoms with Gasteiger partial charge < -0.3 is 14.4 Å². The van der Waals surface area contributed by atoms with Gasteiger partial charge in [0.25, 0.3) is 5.91 Å². The van der Waals surface area contributed by atoms with Gasteiger partial charge in [-0.15, -0.1) is 0 Å². The molecule has 0 radical (unpaired) electrons. The van der Waals surface area contributed by atoms with E-state index in [1.165, 1.54) is 14.2 Å². The number of carbonyl (C=O) groups is 3. The van der Waals surface area contributed by atoms with Gasteiger partial charge in [-0.1, -0.05) is 18.2 Å². The average molecular weight is 486 g/mol. The molecule has 0 aliphatic carbocycles. The van der Waals surface area contributed by atoms with Gasteiger partial charge >= 0.3 is 12.1 Å². The Labute approximate surface area is 206 Å². The summed E-state index contributed by atoms with van der Waals surface area (Å²) in [6.45, 7) is 0.232. The summed E-state index contributed by atoms with van der Waals surface area (Å²) in [5.41, 5.74) is 4.28. The first kappa shape index (κ1) is 23.0. The van der Waals surface area contributed by atoms with Crippen molar-refractivity contribution in [2.45, 2.75) is 6.42 Å². The van der Waals surface area contributed by atoms with Crippen LogP contribution in [0.3, 0.4) is 0 Å². The van der Waals surface area contributed by atoms with Crippen LogP contribution in [0.5, 0.6) is 0 Å². The molecule has 1 unspecified atom stereocenters. The Balaban J connectivity index is 1.48. The normalized spacial score (nSPS) is 14.7. The summed E-state index contributed by atoms with van der Waals surface area (Å²) in [5, 5.41) is 2.51. The lowest BCUT2D eigenvalue weighted by Crippen LogP contribution is -2.43. The molecule has 1 atom stereocenters. The highest BCUT2D eigenvalue weighted by atomic mass is 16.5. The van der Waals surface area contributed by atoms with Crippen LogP contribution in [0.15, 0.2) is 67.1 Å². The zero-order valence-corrected chi connectivity index (χ0v) is 19.7. The molecule has 3 aromatic heterocycles. The zero-order valence-electron chi connectivity index (χ0n) is 19.7. The van der Waals surface area contributed by atoms with Crippen molar-refractivity contribution in [2.75, 3.05) is 31.0 Å². The lowest BCUT2D eigenvalue weighted by Gasteiger charge is -2.33. The number of imidazole rings is 1. The Hall–Kier alpha value is -4.73. The van der Waals surface area contributed by atoms with Crippen LogP contribution in [0.4, 0.5) is 16.3 Å². The maximum Gasteiger partial charge on any atom is 0.412 e. The van der Waals surface area contributed by atoms with Crippen LogP contribution in [-0.2, 0) is 20.7 Å². The van der Waals surface area contributed by atoms with Crippen molar-refractivity contribution in [1.82, 2.24) is 14.4 Å². The van der Waals surface area contributed by atoms with Crippen molar-refractivity contribution in [1.29, 1.82) is 0 Å². The number of aromatic nitrogens is 3. The van der Waals surface area contributed by atoms with Crippen LogP contribution in [-0.4, -0.2) is 53.1 Å². The number of rotatable bonds is 4. The molecule has 5 rings (SSSR count). The van der Waals surface area contributed by atoms with Crippen LogP contribution in [0, 0.1) is 5.92 Å². The third kappa shape index (κ3) is 4.24. The molecule has 2 amide bonds. The first-order valence-electron chi connectivity index (χ1n) is 11.2. The monoisotopic (exact) mass is 485 g/mol. The summed E-state index contributed by atoms with van der Waals surface area (Å²) < 4.78 is 11.4. The van der Waals surface area contributed by atoms with Crippen LogP contribution in [0.2, 0.25) is 0 Å². The number of esters is 1. The number of para-hydroxylation sites is 1. The minimum absolute atomic E-state index is 0.228. The number of hydrogen-bond donors (Lipinski definition) is 1. The number of benzene rings is 1. The van der Waals surface area contributed by atoms with Crippen molar-refractivity contribution >= 4 is 35.1 Å². The van der Waals surface area contributed by atoms with E-state index >= 15 is 0 Å². The lowest BCUT2D eigenvalue weighted by atomic mass is 9.92. The van der Waals surface area contributed by atoms with Gasteiger partial charge in [0, 0.05) is 30.2 Å². The maximum atomic E-state index is 13.7. The van der Waals surface area contributed by atoms with Gasteiger partial charge in [-0.05, 0) is 42.3 Å². The molecule has 1 N–H and O–H groups in total. The fourth-order valence-electron chi connectivity index (χ4n) is 4.36. The van der Waals surface area contributed by atoms with E-state index in [2.05, 4.69) is 20.0 Å². The molecule has 0 spiro atoms. The zero-order chi connectivity index (χ0) is 25.2. The quantitative estimate of drug-likeness (QED) is 0.440. The lowest BCUT2D eigenvalue weighted by molar-refractivity contribution is -0.145.